The van der Waals surface area contributed by atoms with Crippen LogP contribution in [-0.4, -0.2) is 35.1 Å². The Morgan fingerprint density at radius 3 is 2.39 bits per heavy atom. The van der Waals surface area contributed by atoms with Gasteiger partial charge in [0.25, 0.3) is 0 Å². The van der Waals surface area contributed by atoms with Crippen LogP contribution in [0.5, 0.6) is 0 Å². The van der Waals surface area contributed by atoms with Gasteiger partial charge in [0.1, 0.15) is 11.4 Å². The summed E-state index contributed by atoms with van der Waals surface area (Å²) in [5.41, 5.74) is 4.10. The first-order valence-corrected chi connectivity index (χ1v) is 9.20. The maximum atomic E-state index is 12.5. The van der Waals surface area contributed by atoms with Crippen LogP contribution in [0.3, 0.4) is 0 Å². The Bertz CT molecular complexity index is 1190. The van der Waals surface area contributed by atoms with Crippen molar-refractivity contribution in [3.63, 3.8) is 0 Å². The predicted octanol–water partition coefficient (Wildman–Crippen LogP) is 4.67. The summed E-state index contributed by atoms with van der Waals surface area (Å²) in [5, 5.41) is 1.83. The van der Waals surface area contributed by atoms with Crippen molar-refractivity contribution >= 4 is 33.7 Å². The number of carbonyl (C=O) groups is 2. The van der Waals surface area contributed by atoms with Crippen molar-refractivity contribution in [3.05, 3.63) is 59.9 Å². The maximum absolute atomic E-state index is 12.5. The molecule has 0 unspecified atom stereocenters. The Hall–Kier alpha value is -3.54. The van der Waals surface area contributed by atoms with Gasteiger partial charge in [-0.2, -0.15) is 0 Å². The fraction of sp³-hybridized carbons (Fsp3) is 0.182. The molecule has 2 aromatic heterocycles. The van der Waals surface area contributed by atoms with E-state index < -0.39 is 5.97 Å². The van der Waals surface area contributed by atoms with E-state index in [2.05, 4.69) is 9.97 Å². The van der Waals surface area contributed by atoms with E-state index >= 15 is 0 Å². The lowest BCUT2D eigenvalue weighted by molar-refractivity contribution is 0.0511. The molecule has 2 heterocycles. The minimum absolute atomic E-state index is 0.298. The van der Waals surface area contributed by atoms with E-state index in [1.807, 2.05) is 42.5 Å². The van der Waals surface area contributed by atoms with Crippen LogP contribution in [0.1, 0.15) is 34.8 Å². The van der Waals surface area contributed by atoms with Gasteiger partial charge in [0, 0.05) is 27.4 Å². The second-order valence-electron chi connectivity index (χ2n) is 6.35. The third-order valence-electron chi connectivity index (χ3n) is 4.59. The molecule has 0 fully saturated rings. The number of hydrogen-bond acceptors (Lipinski definition) is 4. The molecule has 0 saturated carbocycles. The van der Waals surface area contributed by atoms with E-state index in [0.717, 1.165) is 32.9 Å². The quantitative estimate of drug-likeness (QED) is 0.496. The van der Waals surface area contributed by atoms with E-state index in [4.69, 9.17) is 9.47 Å². The second-order valence-corrected chi connectivity index (χ2v) is 6.35. The number of aromatic amines is 2. The number of carbonyl (C=O) groups excluding carboxylic acids is 2. The zero-order valence-corrected chi connectivity index (χ0v) is 15.7. The molecular formula is C22H20N2O4. The van der Waals surface area contributed by atoms with Crippen molar-refractivity contribution in [2.24, 2.45) is 0 Å². The van der Waals surface area contributed by atoms with Crippen molar-refractivity contribution in [2.75, 3.05) is 13.2 Å². The SMILES string of the molecule is CCOC(=O)c1cc2ccc(-c3c(C(=O)OCC)[nH]c4ccccc34)cc2[nH]1. The molecule has 0 saturated heterocycles. The molecule has 2 aromatic carbocycles. The van der Waals surface area contributed by atoms with Gasteiger partial charge in [-0.15, -0.1) is 0 Å². The molecule has 6 nitrogen and oxygen atoms in total. The molecule has 142 valence electrons. The summed E-state index contributed by atoms with van der Waals surface area (Å²) in [4.78, 5) is 30.8. The van der Waals surface area contributed by atoms with Crippen LogP contribution in [0.25, 0.3) is 32.9 Å². The fourth-order valence-corrected chi connectivity index (χ4v) is 3.40. The van der Waals surface area contributed by atoms with Crippen molar-refractivity contribution in [1.29, 1.82) is 0 Å². The van der Waals surface area contributed by atoms with E-state index in [1.54, 1.807) is 19.9 Å². The smallest absolute Gasteiger partial charge is 0.355 e. The Balaban J connectivity index is 1.87. The highest BCUT2D eigenvalue weighted by atomic mass is 16.5. The van der Waals surface area contributed by atoms with Crippen molar-refractivity contribution in [3.8, 4) is 11.1 Å². The van der Waals surface area contributed by atoms with Crippen LogP contribution in [0.4, 0.5) is 0 Å². The fourth-order valence-electron chi connectivity index (χ4n) is 3.40. The standard InChI is InChI=1S/C22H20N2O4/c1-3-27-21(25)18-11-13-9-10-14(12-17(13)23-18)19-15-7-5-6-8-16(15)24-20(19)22(26)28-4-2/h5-12,23-24H,3-4H2,1-2H3. The van der Waals surface area contributed by atoms with Crippen LogP contribution >= 0.6 is 0 Å². The van der Waals surface area contributed by atoms with Gasteiger partial charge >= 0.3 is 11.9 Å². The van der Waals surface area contributed by atoms with Gasteiger partial charge in [0.05, 0.1) is 13.2 Å². The second kappa shape index (κ2) is 7.23. The molecular weight excluding hydrogens is 356 g/mol. The number of esters is 2. The minimum atomic E-state index is -0.396. The largest absolute Gasteiger partial charge is 0.461 e. The third kappa shape index (κ3) is 3.03. The predicted molar refractivity (Wildman–Crippen MR) is 108 cm³/mol. The van der Waals surface area contributed by atoms with Gasteiger partial charge in [-0.05, 0) is 37.6 Å². The Morgan fingerprint density at radius 2 is 1.61 bits per heavy atom. The lowest BCUT2D eigenvalue weighted by Crippen LogP contribution is -2.06. The summed E-state index contributed by atoms with van der Waals surface area (Å²) in [7, 11) is 0. The van der Waals surface area contributed by atoms with Gasteiger partial charge in [-0.1, -0.05) is 30.3 Å². The Kier molecular flexibility index (Phi) is 4.61. The number of benzene rings is 2. The zero-order valence-electron chi connectivity index (χ0n) is 15.7. The molecule has 4 rings (SSSR count). The van der Waals surface area contributed by atoms with Crippen molar-refractivity contribution < 1.29 is 19.1 Å². The first-order valence-electron chi connectivity index (χ1n) is 9.20. The average Bonchev–Trinajstić information content (AvgIpc) is 3.29. The van der Waals surface area contributed by atoms with Gasteiger partial charge in [-0.25, -0.2) is 9.59 Å². The number of hydrogen-bond donors (Lipinski definition) is 2. The molecule has 0 aliphatic heterocycles. The number of para-hydroxylation sites is 1. The molecule has 0 radical (unpaired) electrons. The number of fused-ring (bicyclic) bond motifs is 2. The number of aromatic nitrogens is 2. The highest BCUT2D eigenvalue weighted by Gasteiger charge is 2.21. The molecule has 0 spiro atoms. The molecule has 2 N–H and O–H groups in total. The van der Waals surface area contributed by atoms with Crippen molar-refractivity contribution in [2.45, 2.75) is 13.8 Å². The summed E-state index contributed by atoms with van der Waals surface area (Å²) < 4.78 is 10.3. The van der Waals surface area contributed by atoms with Gasteiger partial charge in [-0.3, -0.25) is 0 Å². The Morgan fingerprint density at radius 1 is 0.857 bits per heavy atom. The Labute approximate surface area is 161 Å². The van der Waals surface area contributed by atoms with Crippen LogP contribution < -0.4 is 0 Å². The topological polar surface area (TPSA) is 84.2 Å². The molecule has 6 heteroatoms. The van der Waals surface area contributed by atoms with Crippen LogP contribution in [0.2, 0.25) is 0 Å². The monoisotopic (exact) mass is 376 g/mol. The van der Waals surface area contributed by atoms with Crippen LogP contribution in [0, 0.1) is 0 Å². The number of rotatable bonds is 5. The maximum Gasteiger partial charge on any atom is 0.355 e. The van der Waals surface area contributed by atoms with Gasteiger partial charge < -0.3 is 19.4 Å². The summed E-state index contributed by atoms with van der Waals surface area (Å²) >= 11 is 0. The molecule has 0 atom stereocenters. The number of nitrogens with one attached hydrogen (secondary N) is 2. The summed E-state index contributed by atoms with van der Waals surface area (Å²) in [5.74, 6) is -0.785. The van der Waals surface area contributed by atoms with Gasteiger partial charge in [0.15, 0.2) is 0 Å². The van der Waals surface area contributed by atoms with E-state index in [-0.39, 0.29) is 5.97 Å². The summed E-state index contributed by atoms with van der Waals surface area (Å²) in [6.07, 6.45) is 0. The third-order valence-corrected chi connectivity index (χ3v) is 4.59. The van der Waals surface area contributed by atoms with E-state index in [0.29, 0.717) is 24.6 Å². The summed E-state index contributed by atoms with van der Waals surface area (Å²) in [6.45, 7) is 4.17. The first kappa shape index (κ1) is 17.9. The van der Waals surface area contributed by atoms with E-state index in [1.165, 1.54) is 0 Å². The van der Waals surface area contributed by atoms with Crippen molar-refractivity contribution in [1.82, 2.24) is 9.97 Å². The molecule has 0 aliphatic carbocycles. The minimum Gasteiger partial charge on any atom is -0.461 e. The molecule has 0 aliphatic rings. The first-order chi connectivity index (χ1) is 13.6. The number of H-pyrrole nitrogens is 2. The average molecular weight is 376 g/mol. The lowest BCUT2D eigenvalue weighted by atomic mass is 10.0. The van der Waals surface area contributed by atoms with Crippen LogP contribution in [0.15, 0.2) is 48.5 Å². The van der Waals surface area contributed by atoms with Crippen LogP contribution in [-0.2, 0) is 9.47 Å². The molecule has 0 amide bonds. The zero-order chi connectivity index (χ0) is 19.7. The molecule has 28 heavy (non-hydrogen) atoms. The van der Waals surface area contributed by atoms with Gasteiger partial charge in [0.2, 0.25) is 0 Å². The highest BCUT2D eigenvalue weighted by Crippen LogP contribution is 2.34. The number of ether oxygens (including phenoxy) is 2. The highest BCUT2D eigenvalue weighted by molar-refractivity contribution is 6.09. The van der Waals surface area contributed by atoms with E-state index in [9.17, 15) is 9.59 Å². The molecule has 0 bridgehead atoms. The lowest BCUT2D eigenvalue weighted by Gasteiger charge is -2.05. The normalized spacial score (nSPS) is 11.1. The molecule has 4 aromatic rings. The summed E-state index contributed by atoms with van der Waals surface area (Å²) in [6, 6.07) is 15.3.